The predicted octanol–water partition coefficient (Wildman–Crippen LogP) is 2.36. The van der Waals surface area contributed by atoms with E-state index in [0.29, 0.717) is 12.8 Å². The summed E-state index contributed by atoms with van der Waals surface area (Å²) in [5.41, 5.74) is 0.963. The molecule has 0 radical (unpaired) electrons. The van der Waals surface area contributed by atoms with Crippen LogP contribution in [0.1, 0.15) is 24.8 Å². The maximum atomic E-state index is 9.84. The minimum atomic E-state index is -0.712. The normalized spacial score (nSPS) is 15.0. The summed E-state index contributed by atoms with van der Waals surface area (Å²) >= 11 is 1.58. The van der Waals surface area contributed by atoms with E-state index in [1.807, 2.05) is 31.2 Å². The van der Waals surface area contributed by atoms with Gasteiger partial charge in [0, 0.05) is 6.42 Å². The van der Waals surface area contributed by atoms with Gasteiger partial charge < -0.3 is 10.2 Å². The van der Waals surface area contributed by atoms with Crippen LogP contribution in [0.5, 0.6) is 0 Å². The molecular weight excluding hydrogens is 234 g/mol. The Bertz CT molecular complexity index is 450. The minimum Gasteiger partial charge on any atom is -0.390 e. The van der Waals surface area contributed by atoms with Crippen molar-refractivity contribution in [2.45, 2.75) is 38.4 Å². The molecule has 0 bridgehead atoms. The maximum Gasteiger partial charge on any atom is 0.0965 e. The number of hydrogen-bond donors (Lipinski definition) is 2. The summed E-state index contributed by atoms with van der Waals surface area (Å²) in [7, 11) is 0. The zero-order valence-electron chi connectivity index (χ0n) is 9.84. The van der Waals surface area contributed by atoms with Gasteiger partial charge in [-0.15, -0.1) is 11.3 Å². The Morgan fingerprint density at radius 2 is 2.00 bits per heavy atom. The van der Waals surface area contributed by atoms with Crippen molar-refractivity contribution in [1.29, 1.82) is 0 Å². The van der Waals surface area contributed by atoms with E-state index in [2.05, 4.69) is 4.98 Å². The molecule has 92 valence electrons. The van der Waals surface area contributed by atoms with E-state index in [9.17, 15) is 10.2 Å². The molecular formula is C13H17NO2S. The van der Waals surface area contributed by atoms with Crippen molar-refractivity contribution in [1.82, 2.24) is 4.98 Å². The first-order valence-electron chi connectivity index (χ1n) is 5.91. The monoisotopic (exact) mass is 251 g/mol. The van der Waals surface area contributed by atoms with Crippen molar-refractivity contribution in [3.63, 3.8) is 0 Å². The average molecular weight is 251 g/mol. The molecule has 1 heterocycles. The van der Waals surface area contributed by atoms with E-state index < -0.39 is 12.2 Å². The molecule has 0 aliphatic carbocycles. The van der Waals surface area contributed by atoms with Gasteiger partial charge in [-0.2, -0.15) is 0 Å². The van der Waals surface area contributed by atoms with Crippen LogP contribution >= 0.6 is 11.3 Å². The van der Waals surface area contributed by atoms with Crippen molar-refractivity contribution < 1.29 is 10.2 Å². The molecule has 17 heavy (non-hydrogen) atoms. The summed E-state index contributed by atoms with van der Waals surface area (Å²) in [5.74, 6) is 0. The Labute approximate surface area is 105 Å². The third-order valence-corrected chi connectivity index (χ3v) is 3.81. The van der Waals surface area contributed by atoms with E-state index in [4.69, 9.17) is 0 Å². The molecule has 0 amide bonds. The molecule has 0 spiro atoms. The second-order valence-corrected chi connectivity index (χ2v) is 5.32. The smallest absolute Gasteiger partial charge is 0.0965 e. The Morgan fingerprint density at radius 1 is 1.24 bits per heavy atom. The number of aromatic nitrogens is 1. The first-order chi connectivity index (χ1) is 8.20. The van der Waals surface area contributed by atoms with Gasteiger partial charge in [0.25, 0.3) is 0 Å². The fraction of sp³-hybridized carbons (Fsp3) is 0.462. The number of hydrogen-bond acceptors (Lipinski definition) is 4. The van der Waals surface area contributed by atoms with Gasteiger partial charge >= 0.3 is 0 Å². The highest BCUT2D eigenvalue weighted by atomic mass is 32.1. The van der Waals surface area contributed by atoms with E-state index in [0.717, 1.165) is 21.6 Å². The highest BCUT2D eigenvalue weighted by Crippen LogP contribution is 2.23. The SMILES string of the molecule is CCCC(O)C(O)Cc1nc2ccccc2s1. The van der Waals surface area contributed by atoms with Crippen LogP contribution in [0.2, 0.25) is 0 Å². The number of aliphatic hydroxyl groups is 2. The zero-order valence-corrected chi connectivity index (χ0v) is 10.7. The van der Waals surface area contributed by atoms with Crippen molar-refractivity contribution in [3.05, 3.63) is 29.3 Å². The lowest BCUT2D eigenvalue weighted by atomic mass is 10.1. The molecule has 4 heteroatoms. The Balaban J connectivity index is 2.07. The van der Waals surface area contributed by atoms with Crippen LogP contribution in [-0.2, 0) is 6.42 Å². The molecule has 2 unspecified atom stereocenters. The molecule has 0 aliphatic heterocycles. The van der Waals surface area contributed by atoms with Crippen molar-refractivity contribution in [2.24, 2.45) is 0 Å². The summed E-state index contributed by atoms with van der Waals surface area (Å²) in [5, 5.41) is 20.4. The quantitative estimate of drug-likeness (QED) is 0.857. The van der Waals surface area contributed by atoms with Gasteiger partial charge in [0.2, 0.25) is 0 Å². The molecule has 0 aliphatic rings. The lowest BCUT2D eigenvalue weighted by molar-refractivity contribution is 0.0148. The van der Waals surface area contributed by atoms with Gasteiger partial charge in [0.15, 0.2) is 0 Å². The highest BCUT2D eigenvalue weighted by Gasteiger charge is 2.17. The first-order valence-corrected chi connectivity index (χ1v) is 6.73. The maximum absolute atomic E-state index is 9.84. The highest BCUT2D eigenvalue weighted by molar-refractivity contribution is 7.18. The number of thiazole rings is 1. The number of aliphatic hydroxyl groups excluding tert-OH is 2. The summed E-state index contributed by atoms with van der Waals surface area (Å²) in [6, 6.07) is 7.91. The van der Waals surface area contributed by atoms with Crippen molar-refractivity contribution in [3.8, 4) is 0 Å². The summed E-state index contributed by atoms with van der Waals surface area (Å²) in [4.78, 5) is 4.44. The van der Waals surface area contributed by atoms with Gasteiger partial charge in [-0.1, -0.05) is 25.5 Å². The molecule has 0 saturated carbocycles. The third-order valence-electron chi connectivity index (χ3n) is 2.75. The molecule has 2 N–H and O–H groups in total. The molecule has 0 saturated heterocycles. The van der Waals surface area contributed by atoms with Gasteiger partial charge in [-0.05, 0) is 18.6 Å². The summed E-state index contributed by atoms with van der Waals surface area (Å²) in [6.45, 7) is 1.99. The predicted molar refractivity (Wildman–Crippen MR) is 70.2 cm³/mol. The Hall–Kier alpha value is -0.970. The molecule has 1 aromatic heterocycles. The van der Waals surface area contributed by atoms with E-state index in [-0.39, 0.29) is 0 Å². The van der Waals surface area contributed by atoms with E-state index in [1.54, 1.807) is 11.3 Å². The average Bonchev–Trinajstić information content (AvgIpc) is 2.71. The molecule has 2 atom stereocenters. The fourth-order valence-corrected chi connectivity index (χ4v) is 2.83. The molecule has 3 nitrogen and oxygen atoms in total. The number of nitrogens with zero attached hydrogens (tertiary/aromatic N) is 1. The first kappa shape index (κ1) is 12.5. The van der Waals surface area contributed by atoms with Crippen LogP contribution < -0.4 is 0 Å². The molecule has 0 fully saturated rings. The lowest BCUT2D eigenvalue weighted by Crippen LogP contribution is -2.27. The van der Waals surface area contributed by atoms with E-state index >= 15 is 0 Å². The van der Waals surface area contributed by atoms with Gasteiger partial charge in [-0.3, -0.25) is 0 Å². The minimum absolute atomic E-state index is 0.431. The van der Waals surface area contributed by atoms with Gasteiger partial charge in [-0.25, -0.2) is 4.98 Å². The summed E-state index contributed by atoms with van der Waals surface area (Å²) in [6.07, 6.45) is 0.576. The van der Waals surface area contributed by atoms with Crippen molar-refractivity contribution >= 4 is 21.6 Å². The Kier molecular flexibility index (Phi) is 4.10. The molecule has 2 aromatic rings. The van der Waals surface area contributed by atoms with E-state index in [1.165, 1.54) is 0 Å². The van der Waals surface area contributed by atoms with Gasteiger partial charge in [0.05, 0.1) is 27.4 Å². The summed E-state index contributed by atoms with van der Waals surface area (Å²) < 4.78 is 1.12. The number of para-hydroxylation sites is 1. The van der Waals surface area contributed by atoms with Crippen LogP contribution in [-0.4, -0.2) is 27.4 Å². The standard InChI is InChI=1S/C13H17NO2S/c1-2-5-10(15)11(16)8-13-14-9-6-3-4-7-12(9)17-13/h3-4,6-7,10-11,15-16H,2,5,8H2,1H3. The fourth-order valence-electron chi connectivity index (χ4n) is 1.81. The lowest BCUT2D eigenvalue weighted by Gasteiger charge is -2.15. The topological polar surface area (TPSA) is 53.4 Å². The second-order valence-electron chi connectivity index (χ2n) is 4.20. The second kappa shape index (κ2) is 5.58. The van der Waals surface area contributed by atoms with Crippen LogP contribution in [0.3, 0.4) is 0 Å². The van der Waals surface area contributed by atoms with Crippen molar-refractivity contribution in [2.75, 3.05) is 0 Å². The zero-order chi connectivity index (χ0) is 12.3. The van der Waals surface area contributed by atoms with Gasteiger partial charge in [0.1, 0.15) is 0 Å². The third kappa shape index (κ3) is 3.03. The molecule has 1 aromatic carbocycles. The van der Waals surface area contributed by atoms with Crippen LogP contribution in [0.15, 0.2) is 24.3 Å². The van der Waals surface area contributed by atoms with Crippen LogP contribution in [0.4, 0.5) is 0 Å². The van der Waals surface area contributed by atoms with Crippen LogP contribution in [0.25, 0.3) is 10.2 Å². The Morgan fingerprint density at radius 3 is 2.71 bits per heavy atom. The number of benzene rings is 1. The number of fused-ring (bicyclic) bond motifs is 1. The number of rotatable bonds is 5. The largest absolute Gasteiger partial charge is 0.390 e. The molecule has 2 rings (SSSR count). The van der Waals surface area contributed by atoms with Crippen LogP contribution in [0, 0.1) is 0 Å².